The topological polar surface area (TPSA) is 68.8 Å². The van der Waals surface area contributed by atoms with Crippen LogP contribution in [0.5, 0.6) is 0 Å². The van der Waals surface area contributed by atoms with Crippen molar-refractivity contribution >= 4 is 53.1 Å². The number of nitrogens with zero attached hydrogens (tertiary/aromatic N) is 2. The van der Waals surface area contributed by atoms with Crippen molar-refractivity contribution in [3.63, 3.8) is 0 Å². The molecule has 6 nitrogen and oxygen atoms in total. The molecule has 2 rings (SSSR count). The summed E-state index contributed by atoms with van der Waals surface area (Å²) in [5.41, 5.74) is 1.71. The molecule has 0 spiro atoms. The molecule has 164 valence electrons. The van der Waals surface area contributed by atoms with Gasteiger partial charge in [-0.1, -0.05) is 24.6 Å². The molecule has 0 saturated carbocycles. The van der Waals surface area contributed by atoms with Crippen molar-refractivity contribution in [3.05, 3.63) is 28.8 Å². The SMILES string of the molecule is CN=C(NCCCN1CCC(C)CC1)NCCC(=O)Nc1ccc(C)cc1Cl.I. The summed E-state index contributed by atoms with van der Waals surface area (Å²) in [5, 5.41) is 9.90. The van der Waals surface area contributed by atoms with Crippen LogP contribution < -0.4 is 16.0 Å². The van der Waals surface area contributed by atoms with Crippen LogP contribution in [0.15, 0.2) is 23.2 Å². The predicted octanol–water partition coefficient (Wildman–Crippen LogP) is 3.88. The van der Waals surface area contributed by atoms with E-state index in [0.29, 0.717) is 23.7 Å². The van der Waals surface area contributed by atoms with E-state index in [1.165, 1.54) is 25.9 Å². The van der Waals surface area contributed by atoms with Crippen LogP contribution in [0.1, 0.15) is 38.2 Å². The number of guanidine groups is 1. The van der Waals surface area contributed by atoms with Gasteiger partial charge in [0.25, 0.3) is 0 Å². The Morgan fingerprint density at radius 2 is 1.93 bits per heavy atom. The number of carbonyl (C=O) groups excluding carboxylic acids is 1. The first-order chi connectivity index (χ1) is 13.5. The summed E-state index contributed by atoms with van der Waals surface area (Å²) >= 11 is 6.15. The summed E-state index contributed by atoms with van der Waals surface area (Å²) < 4.78 is 0. The molecular formula is C21H35ClIN5O. The lowest BCUT2D eigenvalue weighted by Gasteiger charge is -2.30. The highest BCUT2D eigenvalue weighted by atomic mass is 127. The largest absolute Gasteiger partial charge is 0.356 e. The molecule has 1 aromatic carbocycles. The van der Waals surface area contributed by atoms with Gasteiger partial charge in [-0.2, -0.15) is 0 Å². The Kier molecular flexibility index (Phi) is 12.6. The van der Waals surface area contributed by atoms with Gasteiger partial charge in [-0.3, -0.25) is 9.79 Å². The first-order valence-electron chi connectivity index (χ1n) is 10.2. The minimum Gasteiger partial charge on any atom is -0.356 e. The molecule has 0 aliphatic carbocycles. The highest BCUT2D eigenvalue weighted by Crippen LogP contribution is 2.22. The van der Waals surface area contributed by atoms with Crippen LogP contribution in [0.4, 0.5) is 5.69 Å². The van der Waals surface area contributed by atoms with E-state index in [1.54, 1.807) is 7.05 Å². The van der Waals surface area contributed by atoms with Gasteiger partial charge in [-0.05, 0) is 69.4 Å². The van der Waals surface area contributed by atoms with E-state index in [9.17, 15) is 4.79 Å². The second-order valence-electron chi connectivity index (χ2n) is 7.58. The maximum absolute atomic E-state index is 12.1. The molecular weight excluding hydrogens is 501 g/mol. The van der Waals surface area contributed by atoms with Gasteiger partial charge in [-0.25, -0.2) is 0 Å². The number of likely N-dealkylation sites (tertiary alicyclic amines) is 1. The normalized spacial score (nSPS) is 15.5. The molecule has 1 heterocycles. The standard InChI is InChI=1S/C21H34ClN5O.HI/c1-16-8-13-27(14-9-16)12-4-10-24-21(23-3)25-11-7-20(28)26-19-6-5-17(2)15-18(19)22;/h5-6,15-16H,4,7-14H2,1-3H3,(H,26,28)(H2,23,24,25);1H. The Morgan fingerprint density at radius 3 is 2.59 bits per heavy atom. The number of rotatable bonds is 8. The Morgan fingerprint density at radius 1 is 1.24 bits per heavy atom. The Hall–Kier alpha value is -1.06. The smallest absolute Gasteiger partial charge is 0.226 e. The van der Waals surface area contributed by atoms with Gasteiger partial charge < -0.3 is 20.9 Å². The van der Waals surface area contributed by atoms with Crippen LogP contribution in [-0.2, 0) is 4.79 Å². The third kappa shape index (κ3) is 10.00. The zero-order chi connectivity index (χ0) is 20.4. The van der Waals surface area contributed by atoms with E-state index >= 15 is 0 Å². The van der Waals surface area contributed by atoms with E-state index in [-0.39, 0.29) is 29.9 Å². The van der Waals surface area contributed by atoms with Crippen molar-refractivity contribution in [2.75, 3.05) is 45.1 Å². The van der Waals surface area contributed by atoms with Gasteiger partial charge in [0.15, 0.2) is 5.96 Å². The number of benzene rings is 1. The van der Waals surface area contributed by atoms with Crippen molar-refractivity contribution in [2.45, 2.75) is 39.5 Å². The first-order valence-corrected chi connectivity index (χ1v) is 10.6. The lowest BCUT2D eigenvalue weighted by Crippen LogP contribution is -2.40. The first kappa shape index (κ1) is 26.0. The van der Waals surface area contributed by atoms with Crippen molar-refractivity contribution < 1.29 is 4.79 Å². The average Bonchev–Trinajstić information content (AvgIpc) is 2.67. The fraction of sp³-hybridized carbons (Fsp3) is 0.619. The number of nitrogens with one attached hydrogen (secondary N) is 3. The third-order valence-corrected chi connectivity index (χ3v) is 5.40. The molecule has 8 heteroatoms. The molecule has 0 unspecified atom stereocenters. The van der Waals surface area contributed by atoms with E-state index < -0.39 is 0 Å². The Balaban J connectivity index is 0.00000420. The number of hydrogen-bond donors (Lipinski definition) is 3. The zero-order valence-electron chi connectivity index (χ0n) is 17.8. The summed E-state index contributed by atoms with van der Waals surface area (Å²) in [6.45, 7) is 9.24. The number of amides is 1. The number of carbonyl (C=O) groups is 1. The minimum atomic E-state index is -0.0759. The second-order valence-corrected chi connectivity index (χ2v) is 7.99. The molecule has 0 aromatic heterocycles. The molecule has 1 saturated heterocycles. The molecule has 1 aliphatic heterocycles. The lowest BCUT2D eigenvalue weighted by atomic mass is 9.99. The van der Waals surface area contributed by atoms with Crippen LogP contribution in [0.25, 0.3) is 0 Å². The van der Waals surface area contributed by atoms with Crippen LogP contribution in [0.3, 0.4) is 0 Å². The molecule has 0 bridgehead atoms. The molecule has 29 heavy (non-hydrogen) atoms. The molecule has 1 amide bonds. The fourth-order valence-corrected chi connectivity index (χ4v) is 3.53. The summed E-state index contributed by atoms with van der Waals surface area (Å²) in [4.78, 5) is 18.9. The Bertz CT molecular complexity index is 662. The average molecular weight is 536 g/mol. The van der Waals surface area contributed by atoms with Crippen LogP contribution >= 0.6 is 35.6 Å². The highest BCUT2D eigenvalue weighted by molar-refractivity contribution is 14.0. The Labute approximate surface area is 197 Å². The molecule has 3 N–H and O–H groups in total. The number of hydrogen-bond acceptors (Lipinski definition) is 3. The zero-order valence-corrected chi connectivity index (χ0v) is 20.8. The van der Waals surface area contributed by atoms with Gasteiger partial charge in [0.05, 0.1) is 10.7 Å². The van der Waals surface area contributed by atoms with Gasteiger partial charge in [0.1, 0.15) is 0 Å². The molecule has 1 fully saturated rings. The van der Waals surface area contributed by atoms with Crippen molar-refractivity contribution in [2.24, 2.45) is 10.9 Å². The number of halogens is 2. The predicted molar refractivity (Wildman–Crippen MR) is 134 cm³/mol. The van der Waals surface area contributed by atoms with Crippen LogP contribution in [0, 0.1) is 12.8 Å². The summed E-state index contributed by atoms with van der Waals surface area (Å²) in [5.74, 6) is 1.53. The van der Waals surface area contributed by atoms with Gasteiger partial charge in [0.2, 0.25) is 5.91 Å². The molecule has 1 aromatic rings. The lowest BCUT2D eigenvalue weighted by molar-refractivity contribution is -0.116. The van der Waals surface area contributed by atoms with E-state index in [1.807, 2.05) is 25.1 Å². The summed E-state index contributed by atoms with van der Waals surface area (Å²) in [6.07, 6.45) is 4.05. The maximum atomic E-state index is 12.1. The highest BCUT2D eigenvalue weighted by Gasteiger charge is 2.14. The summed E-state index contributed by atoms with van der Waals surface area (Å²) in [7, 11) is 1.74. The molecule has 0 atom stereocenters. The van der Waals surface area contributed by atoms with E-state index in [2.05, 4.69) is 32.8 Å². The van der Waals surface area contributed by atoms with E-state index in [0.717, 1.165) is 37.0 Å². The number of anilines is 1. The number of aliphatic imine (C=N–C) groups is 1. The monoisotopic (exact) mass is 535 g/mol. The third-order valence-electron chi connectivity index (χ3n) is 5.09. The van der Waals surface area contributed by atoms with Crippen molar-refractivity contribution in [1.29, 1.82) is 0 Å². The molecule has 0 radical (unpaired) electrons. The van der Waals surface area contributed by atoms with Gasteiger partial charge in [-0.15, -0.1) is 24.0 Å². The van der Waals surface area contributed by atoms with Crippen LogP contribution in [-0.4, -0.2) is 56.5 Å². The maximum Gasteiger partial charge on any atom is 0.226 e. The minimum absolute atomic E-state index is 0. The van der Waals surface area contributed by atoms with Gasteiger partial charge in [0, 0.05) is 26.6 Å². The number of aryl methyl sites for hydroxylation is 1. The fourth-order valence-electron chi connectivity index (χ4n) is 3.24. The van der Waals surface area contributed by atoms with Crippen LogP contribution in [0.2, 0.25) is 5.02 Å². The second kappa shape index (κ2) is 14.0. The van der Waals surface area contributed by atoms with Gasteiger partial charge >= 0.3 is 0 Å². The quantitative estimate of drug-likeness (QED) is 0.205. The van der Waals surface area contributed by atoms with E-state index in [4.69, 9.17) is 11.6 Å². The van der Waals surface area contributed by atoms with Crippen molar-refractivity contribution in [3.8, 4) is 0 Å². The number of piperidine rings is 1. The molecule has 1 aliphatic rings. The summed E-state index contributed by atoms with van der Waals surface area (Å²) in [6, 6.07) is 5.59. The van der Waals surface area contributed by atoms with Crippen molar-refractivity contribution in [1.82, 2.24) is 15.5 Å².